The van der Waals surface area contributed by atoms with Gasteiger partial charge < -0.3 is 4.57 Å². The van der Waals surface area contributed by atoms with Gasteiger partial charge in [0.25, 0.3) is 11.5 Å². The van der Waals surface area contributed by atoms with Crippen molar-refractivity contribution in [3.05, 3.63) is 70.1 Å². The second-order valence-corrected chi connectivity index (χ2v) is 8.26. The molecular formula is C18H19N3O4S. The third-order valence-corrected chi connectivity index (χ3v) is 5.56. The first-order valence-corrected chi connectivity index (χ1v) is 9.95. The Labute approximate surface area is 151 Å². The number of aromatic nitrogens is 1. The highest BCUT2D eigenvalue weighted by molar-refractivity contribution is 7.91. The topological polar surface area (TPSA) is 88.8 Å². The molecule has 2 aromatic rings. The van der Waals surface area contributed by atoms with Crippen molar-refractivity contribution in [2.24, 2.45) is 12.1 Å². The second kappa shape index (κ2) is 7.25. The van der Waals surface area contributed by atoms with Gasteiger partial charge in [-0.3, -0.25) is 9.59 Å². The predicted molar refractivity (Wildman–Crippen MR) is 98.5 cm³/mol. The number of carbonyl (C=O) groups is 1. The molecule has 0 aliphatic carbocycles. The molecule has 8 heteroatoms. The smallest absolute Gasteiger partial charge is 0.257 e. The van der Waals surface area contributed by atoms with Gasteiger partial charge in [-0.2, -0.15) is 5.10 Å². The molecule has 0 saturated heterocycles. The third kappa shape index (κ3) is 4.26. The van der Waals surface area contributed by atoms with Crippen molar-refractivity contribution in [1.29, 1.82) is 0 Å². The molecule has 1 aliphatic heterocycles. The predicted octanol–water partition coefficient (Wildman–Crippen LogP) is 0.937. The minimum atomic E-state index is -3.69. The summed E-state index contributed by atoms with van der Waals surface area (Å²) >= 11 is 0. The standard InChI is InChI=1S/C18H19N3O4S/c1-20-9-7-14(11-17(20)22)12-26(24,25)13-18(23)21-10-8-16(19-21)15-5-3-2-4-6-15/h2-7,9,11H,8,10,12-13H2,1H3. The zero-order valence-electron chi connectivity index (χ0n) is 14.3. The normalized spacial score (nSPS) is 14.3. The van der Waals surface area contributed by atoms with Gasteiger partial charge in [0, 0.05) is 25.7 Å². The molecule has 0 N–H and O–H groups in total. The Morgan fingerprint density at radius 1 is 1.19 bits per heavy atom. The van der Waals surface area contributed by atoms with E-state index in [0.29, 0.717) is 18.5 Å². The minimum absolute atomic E-state index is 0.291. The highest BCUT2D eigenvalue weighted by atomic mass is 32.2. The Kier molecular flexibility index (Phi) is 5.03. The fourth-order valence-electron chi connectivity index (χ4n) is 2.72. The number of hydrogen-bond acceptors (Lipinski definition) is 5. The third-order valence-electron chi connectivity index (χ3n) is 4.10. The van der Waals surface area contributed by atoms with Crippen LogP contribution in [0, 0.1) is 0 Å². The van der Waals surface area contributed by atoms with Gasteiger partial charge in [0.05, 0.1) is 18.0 Å². The molecule has 3 rings (SSSR count). The number of hydrogen-bond donors (Lipinski definition) is 0. The Balaban J connectivity index is 1.68. The van der Waals surface area contributed by atoms with E-state index in [0.717, 1.165) is 11.3 Å². The lowest BCUT2D eigenvalue weighted by molar-refractivity contribution is -0.127. The van der Waals surface area contributed by atoms with Gasteiger partial charge in [0.15, 0.2) is 9.84 Å². The maximum absolute atomic E-state index is 12.3. The maximum Gasteiger partial charge on any atom is 0.257 e. The highest BCUT2D eigenvalue weighted by Gasteiger charge is 2.26. The monoisotopic (exact) mass is 373 g/mol. The number of benzene rings is 1. The molecule has 7 nitrogen and oxygen atoms in total. The molecule has 136 valence electrons. The Bertz CT molecular complexity index is 1010. The van der Waals surface area contributed by atoms with Crippen LogP contribution in [-0.4, -0.2) is 41.9 Å². The van der Waals surface area contributed by atoms with Crippen LogP contribution in [0.4, 0.5) is 0 Å². The highest BCUT2D eigenvalue weighted by Crippen LogP contribution is 2.15. The minimum Gasteiger partial charge on any atom is -0.319 e. The molecule has 0 spiro atoms. The van der Waals surface area contributed by atoms with Gasteiger partial charge >= 0.3 is 0 Å². The van der Waals surface area contributed by atoms with Crippen molar-refractivity contribution in [2.45, 2.75) is 12.2 Å². The summed E-state index contributed by atoms with van der Waals surface area (Å²) in [5.74, 6) is -1.54. The Morgan fingerprint density at radius 3 is 2.62 bits per heavy atom. The number of hydrazone groups is 1. The summed E-state index contributed by atoms with van der Waals surface area (Å²) < 4.78 is 26.0. The molecule has 0 radical (unpaired) electrons. The van der Waals surface area contributed by atoms with Crippen molar-refractivity contribution >= 4 is 21.5 Å². The first-order chi connectivity index (χ1) is 12.3. The largest absolute Gasteiger partial charge is 0.319 e. The van der Waals surface area contributed by atoms with E-state index in [-0.39, 0.29) is 11.3 Å². The molecule has 1 amide bonds. The van der Waals surface area contributed by atoms with Crippen LogP contribution in [0.2, 0.25) is 0 Å². The van der Waals surface area contributed by atoms with Gasteiger partial charge in [-0.25, -0.2) is 13.4 Å². The van der Waals surface area contributed by atoms with Crippen molar-refractivity contribution in [1.82, 2.24) is 9.58 Å². The number of pyridine rings is 1. The van der Waals surface area contributed by atoms with Crippen molar-refractivity contribution < 1.29 is 13.2 Å². The molecule has 0 unspecified atom stereocenters. The summed E-state index contributed by atoms with van der Waals surface area (Å²) in [6.07, 6.45) is 2.09. The van der Waals surface area contributed by atoms with E-state index < -0.39 is 21.5 Å². The number of sulfone groups is 1. The van der Waals surface area contributed by atoms with Gasteiger partial charge in [-0.05, 0) is 17.2 Å². The van der Waals surface area contributed by atoms with Gasteiger partial charge in [-0.1, -0.05) is 30.3 Å². The van der Waals surface area contributed by atoms with Gasteiger partial charge in [0.2, 0.25) is 0 Å². The van der Waals surface area contributed by atoms with Crippen LogP contribution in [0.15, 0.2) is 58.6 Å². The molecule has 0 atom stereocenters. The summed E-state index contributed by atoms with van der Waals surface area (Å²) in [5, 5.41) is 5.47. The van der Waals surface area contributed by atoms with Crippen LogP contribution >= 0.6 is 0 Å². The fraction of sp³-hybridized carbons (Fsp3) is 0.278. The summed E-state index contributed by atoms with van der Waals surface area (Å²) in [4.78, 5) is 23.9. The number of nitrogens with zero attached hydrogens (tertiary/aromatic N) is 3. The number of amides is 1. The zero-order valence-corrected chi connectivity index (χ0v) is 15.1. The summed E-state index contributed by atoms with van der Waals surface area (Å²) in [6.45, 7) is 0.366. The zero-order chi connectivity index (χ0) is 18.7. The van der Waals surface area contributed by atoms with E-state index >= 15 is 0 Å². The second-order valence-electron chi connectivity index (χ2n) is 6.20. The SMILES string of the molecule is Cn1ccc(CS(=O)(=O)CC(=O)N2CCC(c3ccccc3)=N2)cc1=O. The maximum atomic E-state index is 12.3. The van der Waals surface area contributed by atoms with E-state index in [9.17, 15) is 18.0 Å². The average Bonchev–Trinajstić information content (AvgIpc) is 3.08. The van der Waals surface area contributed by atoms with Crippen molar-refractivity contribution in [2.75, 3.05) is 12.3 Å². The quantitative estimate of drug-likeness (QED) is 0.780. The molecule has 0 fully saturated rings. The first-order valence-electron chi connectivity index (χ1n) is 8.13. The lowest BCUT2D eigenvalue weighted by atomic mass is 10.1. The van der Waals surface area contributed by atoms with Gasteiger partial charge in [0.1, 0.15) is 5.75 Å². The number of carbonyl (C=O) groups excluding carboxylic acids is 1. The molecule has 2 heterocycles. The van der Waals surface area contributed by atoms with Gasteiger partial charge in [-0.15, -0.1) is 0 Å². The molecule has 1 aromatic heterocycles. The Morgan fingerprint density at radius 2 is 1.92 bits per heavy atom. The lowest BCUT2D eigenvalue weighted by Crippen LogP contribution is -2.31. The van der Waals surface area contributed by atoms with Crippen LogP contribution in [0.5, 0.6) is 0 Å². The van der Waals surface area contributed by atoms with E-state index in [1.54, 1.807) is 13.1 Å². The molecule has 1 aliphatic rings. The molecule has 0 bridgehead atoms. The fourth-order valence-corrected chi connectivity index (χ4v) is 4.03. The van der Waals surface area contributed by atoms with Crippen LogP contribution in [0.1, 0.15) is 17.5 Å². The average molecular weight is 373 g/mol. The lowest BCUT2D eigenvalue weighted by Gasteiger charge is -2.11. The molecule has 26 heavy (non-hydrogen) atoms. The number of rotatable bonds is 5. The van der Waals surface area contributed by atoms with Crippen LogP contribution < -0.4 is 5.56 Å². The molecule has 1 aromatic carbocycles. The number of aryl methyl sites for hydroxylation is 1. The van der Waals surface area contributed by atoms with E-state index in [4.69, 9.17) is 0 Å². The molecular weight excluding hydrogens is 354 g/mol. The summed E-state index contributed by atoms with van der Waals surface area (Å²) in [5.41, 5.74) is 1.77. The van der Waals surface area contributed by atoms with E-state index in [2.05, 4.69) is 5.10 Å². The molecule has 0 saturated carbocycles. The van der Waals surface area contributed by atoms with Crippen molar-refractivity contribution in [3.63, 3.8) is 0 Å². The van der Waals surface area contributed by atoms with Crippen molar-refractivity contribution in [3.8, 4) is 0 Å². The van der Waals surface area contributed by atoms with Crippen LogP contribution in [-0.2, 0) is 27.4 Å². The van der Waals surface area contributed by atoms with Crippen LogP contribution in [0.25, 0.3) is 0 Å². The Hall–Kier alpha value is -2.74. The van der Waals surface area contributed by atoms with E-state index in [1.807, 2.05) is 30.3 Å². The first kappa shape index (κ1) is 18.1. The van der Waals surface area contributed by atoms with Crippen LogP contribution in [0.3, 0.4) is 0 Å². The summed E-state index contributed by atoms with van der Waals surface area (Å²) in [7, 11) is -2.11. The van der Waals surface area contributed by atoms with E-state index in [1.165, 1.54) is 21.8 Å². The summed E-state index contributed by atoms with van der Waals surface area (Å²) in [6, 6.07) is 12.3.